The highest BCUT2D eigenvalue weighted by Gasteiger charge is 2.18. The molecule has 1 heterocycles. The minimum Gasteiger partial charge on any atom is -0.335 e. The van der Waals surface area contributed by atoms with Crippen molar-refractivity contribution in [1.82, 2.24) is 20.2 Å². The van der Waals surface area contributed by atoms with Gasteiger partial charge in [-0.15, -0.1) is 0 Å². The van der Waals surface area contributed by atoms with Gasteiger partial charge in [0.1, 0.15) is 11.6 Å². The van der Waals surface area contributed by atoms with Crippen LogP contribution in [0.3, 0.4) is 0 Å². The zero-order chi connectivity index (χ0) is 16.8. The van der Waals surface area contributed by atoms with E-state index in [2.05, 4.69) is 15.6 Å². The number of carbonyl (C=O) groups excluding carboxylic acids is 1. The Morgan fingerprint density at radius 1 is 1.35 bits per heavy atom. The van der Waals surface area contributed by atoms with E-state index in [1.807, 2.05) is 11.5 Å². The highest BCUT2D eigenvalue weighted by Crippen LogP contribution is 2.21. The smallest absolute Gasteiger partial charge is 0.315 e. The lowest BCUT2D eigenvalue weighted by molar-refractivity contribution is 0.232. The Labute approximate surface area is 133 Å². The van der Waals surface area contributed by atoms with Gasteiger partial charge in [-0.3, -0.25) is 0 Å². The van der Waals surface area contributed by atoms with Crippen molar-refractivity contribution in [3.8, 4) is 0 Å². The lowest BCUT2D eigenvalue weighted by Crippen LogP contribution is -2.43. The third-order valence-electron chi connectivity index (χ3n) is 3.47. The SMILES string of the molecule is CCC(NC(=O)NC(C)Cn1ccnc1)c1cc(F)ccc1F. The van der Waals surface area contributed by atoms with Gasteiger partial charge >= 0.3 is 6.03 Å². The van der Waals surface area contributed by atoms with E-state index >= 15 is 0 Å². The van der Waals surface area contributed by atoms with Crippen LogP contribution in [0.5, 0.6) is 0 Å². The van der Waals surface area contributed by atoms with E-state index in [4.69, 9.17) is 0 Å². The first-order chi connectivity index (χ1) is 11.0. The second-order valence-electron chi connectivity index (χ2n) is 5.40. The van der Waals surface area contributed by atoms with Crippen molar-refractivity contribution in [2.24, 2.45) is 0 Å². The number of imidazole rings is 1. The van der Waals surface area contributed by atoms with Crippen LogP contribution in [0, 0.1) is 11.6 Å². The number of carbonyl (C=O) groups is 1. The average Bonchev–Trinajstić information content (AvgIpc) is 3.00. The van der Waals surface area contributed by atoms with E-state index in [1.165, 1.54) is 0 Å². The van der Waals surface area contributed by atoms with Gasteiger partial charge in [-0.25, -0.2) is 18.6 Å². The van der Waals surface area contributed by atoms with Crippen molar-refractivity contribution >= 4 is 6.03 Å². The Morgan fingerprint density at radius 2 is 2.13 bits per heavy atom. The third kappa shape index (κ3) is 4.77. The molecule has 2 N–H and O–H groups in total. The summed E-state index contributed by atoms with van der Waals surface area (Å²) in [7, 11) is 0. The zero-order valence-corrected chi connectivity index (χ0v) is 13.1. The fourth-order valence-corrected chi connectivity index (χ4v) is 2.36. The van der Waals surface area contributed by atoms with Gasteiger partial charge in [0.05, 0.1) is 12.4 Å². The normalized spacial score (nSPS) is 13.4. The molecular weight excluding hydrogens is 302 g/mol. The minimum absolute atomic E-state index is 0.140. The molecule has 1 aromatic carbocycles. The fraction of sp³-hybridized carbons (Fsp3) is 0.375. The van der Waals surface area contributed by atoms with Crippen molar-refractivity contribution in [3.63, 3.8) is 0 Å². The van der Waals surface area contributed by atoms with Gasteiger partial charge < -0.3 is 15.2 Å². The Hall–Kier alpha value is -2.44. The van der Waals surface area contributed by atoms with Crippen molar-refractivity contribution in [3.05, 3.63) is 54.1 Å². The summed E-state index contributed by atoms with van der Waals surface area (Å²) < 4.78 is 29.0. The first-order valence-corrected chi connectivity index (χ1v) is 7.47. The number of amides is 2. The molecule has 5 nitrogen and oxygen atoms in total. The van der Waals surface area contributed by atoms with E-state index in [-0.39, 0.29) is 11.6 Å². The number of halogens is 2. The molecule has 7 heteroatoms. The molecule has 0 fully saturated rings. The minimum atomic E-state index is -0.592. The van der Waals surface area contributed by atoms with E-state index in [9.17, 15) is 13.6 Å². The predicted octanol–water partition coefficient (Wildman–Crippen LogP) is 3.00. The van der Waals surface area contributed by atoms with Crippen LogP contribution in [0.15, 0.2) is 36.9 Å². The Bertz CT molecular complexity index is 646. The highest BCUT2D eigenvalue weighted by atomic mass is 19.1. The highest BCUT2D eigenvalue weighted by molar-refractivity contribution is 5.74. The standard InChI is InChI=1S/C16H20F2N4O/c1-3-15(13-8-12(17)4-5-14(13)18)21-16(23)20-11(2)9-22-7-6-19-10-22/h4-8,10-11,15H,3,9H2,1-2H3,(H2,20,21,23). The second-order valence-corrected chi connectivity index (χ2v) is 5.40. The van der Waals surface area contributed by atoms with Crippen LogP contribution in [0.2, 0.25) is 0 Å². The number of rotatable bonds is 6. The summed E-state index contributed by atoms with van der Waals surface area (Å²) in [5.41, 5.74) is 0.143. The number of nitrogens with one attached hydrogen (secondary N) is 2. The topological polar surface area (TPSA) is 59.0 Å². The van der Waals surface area contributed by atoms with Gasteiger partial charge in [0.25, 0.3) is 0 Å². The van der Waals surface area contributed by atoms with Gasteiger partial charge in [0.2, 0.25) is 0 Å². The van der Waals surface area contributed by atoms with E-state index < -0.39 is 23.7 Å². The predicted molar refractivity (Wildman–Crippen MR) is 82.7 cm³/mol. The van der Waals surface area contributed by atoms with E-state index in [1.54, 1.807) is 25.6 Å². The number of hydrogen-bond acceptors (Lipinski definition) is 2. The van der Waals surface area contributed by atoms with Crippen LogP contribution < -0.4 is 10.6 Å². The summed E-state index contributed by atoms with van der Waals surface area (Å²) in [4.78, 5) is 16.0. The molecule has 0 spiro atoms. The van der Waals surface area contributed by atoms with Gasteiger partial charge in [-0.05, 0) is 31.5 Å². The largest absolute Gasteiger partial charge is 0.335 e. The van der Waals surface area contributed by atoms with Gasteiger partial charge in [-0.2, -0.15) is 0 Å². The average molecular weight is 322 g/mol. The van der Waals surface area contributed by atoms with Gasteiger partial charge in [-0.1, -0.05) is 6.92 Å². The molecule has 2 aromatic rings. The van der Waals surface area contributed by atoms with Crippen molar-refractivity contribution in [1.29, 1.82) is 0 Å². The van der Waals surface area contributed by atoms with Crippen molar-refractivity contribution in [2.45, 2.75) is 38.9 Å². The van der Waals surface area contributed by atoms with E-state index in [0.29, 0.717) is 13.0 Å². The maximum absolute atomic E-state index is 13.8. The van der Waals surface area contributed by atoms with Crippen LogP contribution in [0.4, 0.5) is 13.6 Å². The van der Waals surface area contributed by atoms with Crippen LogP contribution in [0.25, 0.3) is 0 Å². The van der Waals surface area contributed by atoms with Crippen molar-refractivity contribution in [2.75, 3.05) is 0 Å². The van der Waals surface area contributed by atoms with Gasteiger partial charge in [0.15, 0.2) is 0 Å². The third-order valence-corrected chi connectivity index (χ3v) is 3.47. The number of aromatic nitrogens is 2. The summed E-state index contributed by atoms with van der Waals surface area (Å²) in [6, 6.07) is 2.07. The van der Waals surface area contributed by atoms with Crippen LogP contribution in [-0.2, 0) is 6.54 Å². The molecule has 124 valence electrons. The van der Waals surface area contributed by atoms with Crippen LogP contribution in [-0.4, -0.2) is 21.6 Å². The number of hydrogen-bond donors (Lipinski definition) is 2. The molecule has 0 aliphatic rings. The molecule has 2 unspecified atom stereocenters. The van der Waals surface area contributed by atoms with Crippen molar-refractivity contribution < 1.29 is 13.6 Å². The molecular formula is C16H20F2N4O. The molecule has 2 rings (SSSR count). The summed E-state index contributed by atoms with van der Waals surface area (Å²) in [5.74, 6) is -1.07. The quantitative estimate of drug-likeness (QED) is 0.859. The monoisotopic (exact) mass is 322 g/mol. The molecule has 0 bridgehead atoms. The molecule has 2 amide bonds. The molecule has 0 radical (unpaired) electrons. The Balaban J connectivity index is 1.95. The van der Waals surface area contributed by atoms with Gasteiger partial charge in [0, 0.05) is 30.5 Å². The summed E-state index contributed by atoms with van der Waals surface area (Å²) in [6.45, 7) is 4.21. The maximum Gasteiger partial charge on any atom is 0.315 e. The first kappa shape index (κ1) is 16.9. The molecule has 23 heavy (non-hydrogen) atoms. The number of nitrogens with zero attached hydrogens (tertiary/aromatic N) is 2. The summed E-state index contributed by atoms with van der Waals surface area (Å²) in [5, 5.41) is 5.45. The molecule has 1 aromatic heterocycles. The van der Waals surface area contributed by atoms with Crippen LogP contribution >= 0.6 is 0 Å². The maximum atomic E-state index is 13.8. The number of urea groups is 1. The number of benzene rings is 1. The molecule has 0 aliphatic carbocycles. The second kappa shape index (κ2) is 7.71. The molecule has 0 saturated carbocycles. The lowest BCUT2D eigenvalue weighted by atomic mass is 10.0. The molecule has 0 saturated heterocycles. The fourth-order valence-electron chi connectivity index (χ4n) is 2.36. The molecule has 2 atom stereocenters. The Kier molecular flexibility index (Phi) is 5.67. The molecule has 0 aliphatic heterocycles. The summed E-state index contributed by atoms with van der Waals surface area (Å²) >= 11 is 0. The van der Waals surface area contributed by atoms with E-state index in [0.717, 1.165) is 18.2 Å². The zero-order valence-electron chi connectivity index (χ0n) is 13.1. The lowest BCUT2D eigenvalue weighted by Gasteiger charge is -2.21. The van der Waals surface area contributed by atoms with Crippen LogP contribution in [0.1, 0.15) is 31.9 Å². The first-order valence-electron chi connectivity index (χ1n) is 7.47. The Morgan fingerprint density at radius 3 is 2.78 bits per heavy atom. The summed E-state index contributed by atoms with van der Waals surface area (Å²) in [6.07, 6.45) is 5.57.